The summed E-state index contributed by atoms with van der Waals surface area (Å²) in [6.45, 7) is 12.4. The first-order valence-electron chi connectivity index (χ1n) is 8.22. The summed E-state index contributed by atoms with van der Waals surface area (Å²) < 4.78 is 1.42. The monoisotopic (exact) mass is 411 g/mol. The van der Waals surface area contributed by atoms with Gasteiger partial charge in [0.2, 0.25) is 0 Å². The van der Waals surface area contributed by atoms with Gasteiger partial charge in [0.15, 0.2) is 5.04 Å². The van der Waals surface area contributed by atoms with Crippen molar-refractivity contribution in [3.63, 3.8) is 0 Å². The number of aliphatic imine (C=N–C) groups is 1. The fourth-order valence-corrected chi connectivity index (χ4v) is 4.72. The number of amides is 1. The van der Waals surface area contributed by atoms with Crippen LogP contribution in [0.2, 0.25) is 0 Å². The molecular formula is C18H25N3O2S3. The van der Waals surface area contributed by atoms with Crippen molar-refractivity contribution in [1.82, 2.24) is 4.31 Å². The predicted octanol–water partition coefficient (Wildman–Crippen LogP) is 5.97. The molecule has 26 heavy (non-hydrogen) atoms. The Bertz CT molecular complexity index is 722. The fourth-order valence-electron chi connectivity index (χ4n) is 2.15. The molecule has 0 saturated heterocycles. The van der Waals surface area contributed by atoms with Crippen LogP contribution in [0.4, 0.5) is 4.79 Å². The molecule has 142 valence electrons. The maximum absolute atomic E-state index is 12.1. The largest absolute Gasteiger partial charge is 0.446 e. The number of oxime groups is 1. The normalized spacial score (nSPS) is 18.0. The van der Waals surface area contributed by atoms with Gasteiger partial charge in [0.05, 0.1) is 5.71 Å². The van der Waals surface area contributed by atoms with Gasteiger partial charge in [-0.15, -0.1) is 0 Å². The van der Waals surface area contributed by atoms with Crippen LogP contribution in [0.25, 0.3) is 0 Å². The highest BCUT2D eigenvalue weighted by Gasteiger charge is 2.30. The van der Waals surface area contributed by atoms with Gasteiger partial charge in [-0.2, -0.15) is 0 Å². The second-order valence-electron chi connectivity index (χ2n) is 7.43. The lowest BCUT2D eigenvalue weighted by atomic mass is 9.87. The quantitative estimate of drug-likeness (QED) is 0.265. The van der Waals surface area contributed by atoms with Gasteiger partial charge in [-0.05, 0) is 54.7 Å². The van der Waals surface area contributed by atoms with Crippen molar-refractivity contribution >= 4 is 50.4 Å². The van der Waals surface area contributed by atoms with Crippen molar-refractivity contribution in [2.75, 3.05) is 7.05 Å². The summed E-state index contributed by atoms with van der Waals surface area (Å²) in [6.07, 6.45) is -0.514. The van der Waals surface area contributed by atoms with Crippen LogP contribution >= 0.6 is 33.5 Å². The van der Waals surface area contributed by atoms with Crippen LogP contribution < -0.4 is 0 Å². The molecule has 0 radical (unpaired) electrons. The lowest BCUT2D eigenvalue weighted by Gasteiger charge is -2.19. The van der Waals surface area contributed by atoms with Crippen molar-refractivity contribution in [1.29, 1.82) is 0 Å². The van der Waals surface area contributed by atoms with Gasteiger partial charge >= 0.3 is 6.09 Å². The van der Waals surface area contributed by atoms with Crippen LogP contribution in [0.15, 0.2) is 39.3 Å². The molecule has 0 unspecified atom stereocenters. The highest BCUT2D eigenvalue weighted by atomic mass is 33.1. The van der Waals surface area contributed by atoms with Gasteiger partial charge in [0, 0.05) is 22.9 Å². The van der Waals surface area contributed by atoms with E-state index in [0.717, 1.165) is 10.6 Å². The van der Waals surface area contributed by atoms with Crippen LogP contribution in [0.1, 0.15) is 47.1 Å². The zero-order valence-corrected chi connectivity index (χ0v) is 18.6. The molecule has 1 aliphatic rings. The summed E-state index contributed by atoms with van der Waals surface area (Å²) in [6, 6.07) is 8.37. The lowest BCUT2D eigenvalue weighted by molar-refractivity contribution is 0.138. The molecule has 1 amide bonds. The molecule has 2 rings (SSSR count). The van der Waals surface area contributed by atoms with Gasteiger partial charge in [-0.25, -0.2) is 9.10 Å². The Morgan fingerprint density at radius 2 is 1.88 bits per heavy atom. The number of benzene rings is 1. The molecule has 1 heterocycles. The summed E-state index contributed by atoms with van der Waals surface area (Å²) in [5, 5.41) is 4.60. The summed E-state index contributed by atoms with van der Waals surface area (Å²) in [5.41, 5.74) is 2.20. The molecule has 1 aromatic rings. The lowest BCUT2D eigenvalue weighted by Crippen LogP contribution is -2.18. The standard InChI is InChI=1S/C18H25N3O2S3/c1-12-15(24-18(5,6)19-12)20-23-16(22)21(7)26-25-14-10-8-13(9-11-14)17(2,3)4/h8-11H,1-7H3. The smallest absolute Gasteiger partial charge is 0.296 e. The van der Waals surface area contributed by atoms with Crippen molar-refractivity contribution in [2.45, 2.75) is 56.7 Å². The van der Waals surface area contributed by atoms with Gasteiger partial charge in [0.25, 0.3) is 0 Å². The molecule has 0 bridgehead atoms. The van der Waals surface area contributed by atoms with E-state index < -0.39 is 6.09 Å². The molecular weight excluding hydrogens is 386 g/mol. The van der Waals surface area contributed by atoms with E-state index in [0.29, 0.717) is 5.04 Å². The van der Waals surface area contributed by atoms with Crippen molar-refractivity contribution in [3.8, 4) is 0 Å². The zero-order valence-electron chi connectivity index (χ0n) is 16.2. The van der Waals surface area contributed by atoms with Gasteiger partial charge in [0.1, 0.15) is 4.87 Å². The Labute approximate surface area is 167 Å². The third kappa shape index (κ3) is 5.96. The third-order valence-electron chi connectivity index (χ3n) is 3.52. The van der Waals surface area contributed by atoms with Crippen LogP contribution in [0.5, 0.6) is 0 Å². The summed E-state index contributed by atoms with van der Waals surface area (Å²) in [7, 11) is 4.47. The zero-order chi connectivity index (χ0) is 19.5. The third-order valence-corrected chi connectivity index (χ3v) is 7.06. The first-order chi connectivity index (χ1) is 12.0. The molecule has 5 nitrogen and oxygen atoms in total. The van der Waals surface area contributed by atoms with Crippen molar-refractivity contribution < 1.29 is 9.63 Å². The number of hydrogen-bond acceptors (Lipinski definition) is 7. The highest BCUT2D eigenvalue weighted by Crippen LogP contribution is 2.36. The van der Waals surface area contributed by atoms with E-state index in [1.165, 1.54) is 43.4 Å². The highest BCUT2D eigenvalue weighted by molar-refractivity contribution is 8.75. The Kier molecular flexibility index (Phi) is 6.74. The van der Waals surface area contributed by atoms with Gasteiger partial charge in [-0.1, -0.05) is 49.8 Å². The van der Waals surface area contributed by atoms with Gasteiger partial charge < -0.3 is 0 Å². The number of carbonyl (C=O) groups is 1. The molecule has 0 spiro atoms. The Hall–Kier alpha value is -1.12. The number of carbonyl (C=O) groups excluding carboxylic acids is 1. The second-order valence-corrected chi connectivity index (χ2v) is 11.3. The molecule has 0 atom stereocenters. The molecule has 0 N–H and O–H groups in total. The number of thioether (sulfide) groups is 1. The SMILES string of the molecule is CC1=NC(C)(C)SC1=NOC(=O)N(C)SSc1ccc(C(C)(C)C)cc1. The average molecular weight is 412 g/mol. The van der Waals surface area contributed by atoms with Crippen LogP contribution in [-0.2, 0) is 10.3 Å². The molecule has 8 heteroatoms. The first kappa shape index (κ1) is 21.2. The number of hydrogen-bond donors (Lipinski definition) is 0. The van der Waals surface area contributed by atoms with E-state index in [2.05, 4.69) is 55.2 Å². The maximum atomic E-state index is 12.1. The maximum Gasteiger partial charge on any atom is 0.446 e. The minimum absolute atomic E-state index is 0.129. The van der Waals surface area contributed by atoms with Crippen LogP contribution in [0.3, 0.4) is 0 Å². The summed E-state index contributed by atoms with van der Waals surface area (Å²) in [4.78, 5) is 22.4. The van der Waals surface area contributed by atoms with Crippen molar-refractivity contribution in [3.05, 3.63) is 29.8 Å². The Balaban J connectivity index is 1.85. The Morgan fingerprint density at radius 3 is 2.38 bits per heavy atom. The minimum Gasteiger partial charge on any atom is -0.296 e. The molecule has 0 aliphatic carbocycles. The van der Waals surface area contributed by atoms with Crippen LogP contribution in [0, 0.1) is 0 Å². The number of rotatable bonds is 4. The van der Waals surface area contributed by atoms with Gasteiger partial charge in [-0.3, -0.25) is 9.83 Å². The van der Waals surface area contributed by atoms with E-state index in [-0.39, 0.29) is 10.3 Å². The molecule has 0 fully saturated rings. The predicted molar refractivity (Wildman–Crippen MR) is 115 cm³/mol. The molecule has 1 aliphatic heterocycles. The summed E-state index contributed by atoms with van der Waals surface area (Å²) >= 11 is 1.48. The molecule has 0 saturated carbocycles. The Morgan fingerprint density at radius 1 is 1.27 bits per heavy atom. The topological polar surface area (TPSA) is 54.3 Å². The van der Waals surface area contributed by atoms with E-state index in [9.17, 15) is 4.79 Å². The number of nitrogens with zero attached hydrogens (tertiary/aromatic N) is 3. The summed E-state index contributed by atoms with van der Waals surface area (Å²) in [5.74, 6) is 0. The average Bonchev–Trinajstić information content (AvgIpc) is 2.81. The van der Waals surface area contributed by atoms with E-state index in [4.69, 9.17) is 4.84 Å². The van der Waals surface area contributed by atoms with E-state index in [1.807, 2.05) is 20.8 Å². The molecule has 0 aromatic heterocycles. The second kappa shape index (κ2) is 8.27. The van der Waals surface area contributed by atoms with Crippen LogP contribution in [-0.4, -0.2) is 33.1 Å². The van der Waals surface area contributed by atoms with Crippen molar-refractivity contribution in [2.24, 2.45) is 10.1 Å². The minimum atomic E-state index is -0.514. The van der Waals surface area contributed by atoms with E-state index >= 15 is 0 Å². The van der Waals surface area contributed by atoms with E-state index in [1.54, 1.807) is 7.05 Å². The molecule has 1 aromatic carbocycles. The fraction of sp³-hybridized carbons (Fsp3) is 0.500. The first-order valence-corrected chi connectivity index (χ1v) is 11.1.